The molecule has 2 heterocycles. The molecular formula is C19H14O3S2. The molecule has 5 rings (SSSR count). The topological polar surface area (TPSA) is 43.4 Å². The molecule has 0 saturated carbocycles. The fraction of sp³-hybridized carbons (Fsp3) is 0.263. The molecule has 1 spiro atoms. The molecular weight excluding hydrogens is 340 g/mol. The van der Waals surface area contributed by atoms with Crippen LogP contribution in [-0.4, -0.2) is 15.6 Å². The summed E-state index contributed by atoms with van der Waals surface area (Å²) in [6, 6.07) is 7.13. The second kappa shape index (κ2) is 4.90. The zero-order valence-electron chi connectivity index (χ0n) is 13.0. The first-order valence-electron chi connectivity index (χ1n) is 7.99. The minimum absolute atomic E-state index is 0.0210. The molecule has 1 aromatic rings. The van der Waals surface area contributed by atoms with E-state index in [4.69, 9.17) is 4.74 Å². The number of carbonyl (C=O) groups excluding carboxylic acids is 2. The number of fused-ring (bicyclic) bond motifs is 2. The molecule has 0 aromatic heterocycles. The lowest BCUT2D eigenvalue weighted by Crippen LogP contribution is -2.23. The van der Waals surface area contributed by atoms with E-state index in [0.717, 1.165) is 30.8 Å². The van der Waals surface area contributed by atoms with Gasteiger partial charge in [0.2, 0.25) is 11.6 Å². The van der Waals surface area contributed by atoms with Crippen LogP contribution in [0.5, 0.6) is 0 Å². The Balaban J connectivity index is 1.63. The number of carbonyl (C=O) groups is 2. The van der Waals surface area contributed by atoms with Gasteiger partial charge in [0.15, 0.2) is 0 Å². The average Bonchev–Trinajstić information content (AvgIpc) is 3.18. The van der Waals surface area contributed by atoms with E-state index in [1.807, 2.05) is 19.1 Å². The minimum atomic E-state index is -0.383. The van der Waals surface area contributed by atoms with Crippen molar-refractivity contribution in [2.24, 2.45) is 0 Å². The van der Waals surface area contributed by atoms with Crippen molar-refractivity contribution in [1.29, 1.82) is 0 Å². The monoisotopic (exact) mass is 354 g/mol. The Morgan fingerprint density at radius 3 is 2.25 bits per heavy atom. The van der Waals surface area contributed by atoms with E-state index in [9.17, 15) is 9.59 Å². The van der Waals surface area contributed by atoms with E-state index in [1.165, 1.54) is 29.1 Å². The first kappa shape index (κ1) is 14.6. The molecule has 120 valence electrons. The van der Waals surface area contributed by atoms with Crippen LogP contribution in [0.15, 0.2) is 57.2 Å². The summed E-state index contributed by atoms with van der Waals surface area (Å²) in [5.41, 5.74) is 2.29. The highest BCUT2D eigenvalue weighted by molar-refractivity contribution is 8.26. The lowest BCUT2D eigenvalue weighted by molar-refractivity contribution is 0.0988. The van der Waals surface area contributed by atoms with Gasteiger partial charge in [-0.1, -0.05) is 47.8 Å². The van der Waals surface area contributed by atoms with Gasteiger partial charge in [-0.05, 0) is 31.4 Å². The van der Waals surface area contributed by atoms with Crippen LogP contribution in [0.3, 0.4) is 0 Å². The third kappa shape index (κ3) is 1.82. The SMILES string of the molecule is CC1=CC2(SC3=C(S2)C(=O)c2ccccc2C3=O)C2=C(CCC2)O1. The van der Waals surface area contributed by atoms with Crippen LogP contribution in [0, 0.1) is 0 Å². The van der Waals surface area contributed by atoms with E-state index >= 15 is 0 Å². The van der Waals surface area contributed by atoms with E-state index in [1.54, 1.807) is 12.1 Å². The predicted octanol–water partition coefficient (Wildman–Crippen LogP) is 4.83. The number of benzene rings is 1. The molecule has 0 radical (unpaired) electrons. The number of Topliss-reactive ketones (excluding diaryl/α,β-unsaturated/α-hetero) is 2. The standard InChI is InChI=1S/C19H14O3S2/c1-10-9-19(13-7-4-8-14(13)22-10)23-17-15(20)11-5-2-3-6-12(11)16(21)18(17)24-19/h2-3,5-6,9H,4,7-8H2,1H3. The van der Waals surface area contributed by atoms with E-state index in [0.29, 0.717) is 20.9 Å². The van der Waals surface area contributed by atoms with Gasteiger partial charge >= 0.3 is 0 Å². The van der Waals surface area contributed by atoms with Gasteiger partial charge in [0.1, 0.15) is 9.84 Å². The summed E-state index contributed by atoms with van der Waals surface area (Å²) in [5, 5.41) is 0. The maximum absolute atomic E-state index is 12.9. The van der Waals surface area contributed by atoms with E-state index in [-0.39, 0.29) is 15.6 Å². The molecule has 3 nitrogen and oxygen atoms in total. The predicted molar refractivity (Wildman–Crippen MR) is 95.8 cm³/mol. The maximum Gasteiger partial charge on any atom is 0.201 e. The fourth-order valence-electron chi connectivity index (χ4n) is 3.80. The van der Waals surface area contributed by atoms with Crippen LogP contribution in [0.1, 0.15) is 46.9 Å². The Morgan fingerprint density at radius 1 is 1.00 bits per heavy atom. The lowest BCUT2D eigenvalue weighted by atomic mass is 9.94. The summed E-state index contributed by atoms with van der Waals surface area (Å²) in [5.74, 6) is 1.85. The van der Waals surface area contributed by atoms with Crippen molar-refractivity contribution in [1.82, 2.24) is 0 Å². The Labute approximate surface area is 148 Å². The normalized spacial score (nSPS) is 24.0. The largest absolute Gasteiger partial charge is 0.467 e. The highest BCUT2D eigenvalue weighted by Gasteiger charge is 2.52. The molecule has 5 heteroatoms. The second-order valence-corrected chi connectivity index (χ2v) is 9.12. The van der Waals surface area contributed by atoms with Crippen LogP contribution in [0.2, 0.25) is 0 Å². The second-order valence-electron chi connectivity index (χ2n) is 6.35. The van der Waals surface area contributed by atoms with Gasteiger partial charge in [-0.3, -0.25) is 9.59 Å². The van der Waals surface area contributed by atoms with Crippen LogP contribution in [0.25, 0.3) is 0 Å². The smallest absolute Gasteiger partial charge is 0.201 e. The van der Waals surface area contributed by atoms with E-state index in [2.05, 4.69) is 6.08 Å². The number of hydrogen-bond acceptors (Lipinski definition) is 5. The molecule has 0 bridgehead atoms. The summed E-state index contributed by atoms with van der Waals surface area (Å²) >= 11 is 3.06. The maximum atomic E-state index is 12.9. The Bertz CT molecular complexity index is 873. The minimum Gasteiger partial charge on any atom is -0.467 e. The Hall–Kier alpha value is -1.72. The Morgan fingerprint density at radius 2 is 1.62 bits per heavy atom. The van der Waals surface area contributed by atoms with Crippen LogP contribution >= 0.6 is 23.5 Å². The van der Waals surface area contributed by atoms with Gasteiger partial charge in [-0.15, -0.1) is 0 Å². The number of thioether (sulfide) groups is 2. The Kier molecular flexibility index (Phi) is 2.98. The van der Waals surface area contributed by atoms with Gasteiger partial charge in [-0.25, -0.2) is 0 Å². The van der Waals surface area contributed by atoms with Crippen molar-refractivity contribution in [2.75, 3.05) is 0 Å². The molecule has 0 amide bonds. The van der Waals surface area contributed by atoms with Crippen molar-refractivity contribution in [3.05, 3.63) is 68.4 Å². The highest BCUT2D eigenvalue weighted by atomic mass is 32.2. The molecule has 0 atom stereocenters. The first-order chi connectivity index (χ1) is 11.6. The zero-order valence-corrected chi connectivity index (χ0v) is 14.7. The zero-order chi connectivity index (χ0) is 16.5. The summed E-state index contributed by atoms with van der Waals surface area (Å²) in [6.45, 7) is 1.95. The van der Waals surface area contributed by atoms with Crippen molar-refractivity contribution in [3.63, 3.8) is 0 Å². The molecule has 2 aliphatic heterocycles. The van der Waals surface area contributed by atoms with Gasteiger partial charge < -0.3 is 4.74 Å². The van der Waals surface area contributed by atoms with Gasteiger partial charge in [-0.2, -0.15) is 0 Å². The third-order valence-electron chi connectivity index (χ3n) is 4.81. The summed E-state index contributed by atoms with van der Waals surface area (Å²) in [6.07, 6.45) is 5.06. The van der Waals surface area contributed by atoms with Gasteiger partial charge in [0.05, 0.1) is 15.6 Å². The lowest BCUT2D eigenvalue weighted by Gasteiger charge is -2.31. The number of allylic oxidation sites excluding steroid dienone is 4. The van der Waals surface area contributed by atoms with Crippen LogP contribution < -0.4 is 0 Å². The van der Waals surface area contributed by atoms with Crippen LogP contribution in [-0.2, 0) is 4.74 Å². The quantitative estimate of drug-likeness (QED) is 0.668. The van der Waals surface area contributed by atoms with Crippen molar-refractivity contribution in [3.8, 4) is 0 Å². The van der Waals surface area contributed by atoms with Crippen molar-refractivity contribution in [2.45, 2.75) is 30.3 Å². The number of rotatable bonds is 0. The van der Waals surface area contributed by atoms with Gasteiger partial charge in [0.25, 0.3) is 0 Å². The molecule has 0 unspecified atom stereocenters. The summed E-state index contributed by atoms with van der Waals surface area (Å²) < 4.78 is 5.51. The molecule has 0 saturated heterocycles. The molecule has 0 fully saturated rings. The third-order valence-corrected chi connectivity index (χ3v) is 7.96. The molecule has 4 aliphatic rings. The number of ketones is 2. The number of ether oxygens (including phenoxy) is 1. The molecule has 2 aliphatic carbocycles. The average molecular weight is 354 g/mol. The van der Waals surface area contributed by atoms with Crippen molar-refractivity contribution >= 4 is 35.1 Å². The van der Waals surface area contributed by atoms with Gasteiger partial charge in [0, 0.05) is 17.5 Å². The highest BCUT2D eigenvalue weighted by Crippen LogP contribution is 2.64. The molecule has 1 aromatic carbocycles. The van der Waals surface area contributed by atoms with E-state index < -0.39 is 0 Å². The van der Waals surface area contributed by atoms with Crippen molar-refractivity contribution < 1.29 is 14.3 Å². The summed E-state index contributed by atoms with van der Waals surface area (Å²) in [7, 11) is 0. The molecule has 24 heavy (non-hydrogen) atoms. The fourth-order valence-corrected chi connectivity index (χ4v) is 7.22. The summed E-state index contributed by atoms with van der Waals surface area (Å²) in [4.78, 5) is 27.1. The molecule has 0 N–H and O–H groups in total. The first-order valence-corrected chi connectivity index (χ1v) is 9.63. The van der Waals surface area contributed by atoms with Crippen LogP contribution in [0.4, 0.5) is 0 Å². The number of hydrogen-bond donors (Lipinski definition) is 0.